The van der Waals surface area contributed by atoms with E-state index in [-0.39, 0.29) is 25.0 Å². The fraction of sp³-hybridized carbons (Fsp3) is 0.417. The average molecular weight is 424 g/mol. The van der Waals surface area contributed by atoms with Crippen LogP contribution in [0.4, 0.5) is 11.4 Å². The number of anilines is 2. The molecule has 164 valence electrons. The predicted molar refractivity (Wildman–Crippen MR) is 118 cm³/mol. The van der Waals surface area contributed by atoms with E-state index < -0.39 is 11.5 Å². The molecule has 2 heterocycles. The summed E-state index contributed by atoms with van der Waals surface area (Å²) in [5, 5.41) is 2.87. The fourth-order valence-electron chi connectivity index (χ4n) is 3.64. The van der Waals surface area contributed by atoms with Crippen molar-refractivity contribution in [3.63, 3.8) is 0 Å². The molecule has 2 aromatic rings. The van der Waals surface area contributed by atoms with Gasteiger partial charge in [0.15, 0.2) is 11.5 Å². The highest BCUT2D eigenvalue weighted by Crippen LogP contribution is 2.39. The first-order chi connectivity index (χ1) is 14.7. The van der Waals surface area contributed by atoms with Crippen molar-refractivity contribution in [1.82, 2.24) is 0 Å². The van der Waals surface area contributed by atoms with Crippen molar-refractivity contribution in [2.75, 3.05) is 30.0 Å². The molecule has 0 fully saturated rings. The van der Waals surface area contributed by atoms with Crippen LogP contribution in [0, 0.1) is 11.3 Å². The molecular formula is C24H28N2O5. The topological polar surface area (TPSA) is 77.1 Å². The number of amides is 2. The molecule has 0 radical (unpaired) electrons. The summed E-state index contributed by atoms with van der Waals surface area (Å²) in [6.07, 6.45) is -0.757. The molecule has 0 spiro atoms. The average Bonchev–Trinajstić information content (AvgIpc) is 2.83. The molecular weight excluding hydrogens is 396 g/mol. The summed E-state index contributed by atoms with van der Waals surface area (Å²) >= 11 is 0. The summed E-state index contributed by atoms with van der Waals surface area (Å²) < 4.78 is 17.4. The van der Waals surface area contributed by atoms with E-state index in [2.05, 4.69) is 19.2 Å². The Morgan fingerprint density at radius 3 is 2.61 bits per heavy atom. The lowest BCUT2D eigenvalue weighted by atomic mass is 9.92. The van der Waals surface area contributed by atoms with Crippen LogP contribution in [0.3, 0.4) is 0 Å². The van der Waals surface area contributed by atoms with Crippen molar-refractivity contribution < 1.29 is 23.8 Å². The van der Waals surface area contributed by atoms with Gasteiger partial charge in [-0.05, 0) is 44.0 Å². The molecule has 0 aliphatic carbocycles. The number of benzene rings is 2. The van der Waals surface area contributed by atoms with Crippen molar-refractivity contribution in [2.45, 2.75) is 33.8 Å². The number of hydrogen-bond acceptors (Lipinski definition) is 5. The third-order valence-electron chi connectivity index (χ3n) is 5.28. The first kappa shape index (κ1) is 21.0. The van der Waals surface area contributed by atoms with Crippen molar-refractivity contribution in [1.29, 1.82) is 0 Å². The number of ether oxygens (including phenoxy) is 3. The van der Waals surface area contributed by atoms with Gasteiger partial charge in [0.05, 0.1) is 11.1 Å². The molecule has 0 saturated heterocycles. The summed E-state index contributed by atoms with van der Waals surface area (Å²) in [7, 11) is 0. The molecule has 2 aromatic carbocycles. The van der Waals surface area contributed by atoms with Gasteiger partial charge in [0.25, 0.3) is 5.91 Å². The number of rotatable bonds is 4. The van der Waals surface area contributed by atoms with Crippen LogP contribution >= 0.6 is 0 Å². The third kappa shape index (κ3) is 4.31. The standard InChI is InChI=1S/C24H28N2O5/c1-15(2)12-26-17-10-9-16(11-20(17)30-14-24(3,4)23(26)28)25-22(27)21-13-29-18-7-5-6-8-19(18)31-21/h5-11,15,21H,12-14H2,1-4H3,(H,25,27). The lowest BCUT2D eigenvalue weighted by molar-refractivity contribution is -0.127. The van der Waals surface area contributed by atoms with Crippen LogP contribution in [0.2, 0.25) is 0 Å². The van der Waals surface area contributed by atoms with Gasteiger partial charge in [0.1, 0.15) is 19.0 Å². The number of carbonyl (C=O) groups excluding carboxylic acids is 2. The maximum atomic E-state index is 13.1. The SMILES string of the molecule is CC(C)CN1C(=O)C(C)(C)COc2cc(NC(=O)C3COc4ccccc4O3)ccc21. The Kier molecular flexibility index (Phi) is 5.52. The van der Waals surface area contributed by atoms with Gasteiger partial charge in [-0.1, -0.05) is 26.0 Å². The van der Waals surface area contributed by atoms with E-state index in [9.17, 15) is 9.59 Å². The third-order valence-corrected chi connectivity index (χ3v) is 5.28. The molecule has 7 nitrogen and oxygen atoms in total. The zero-order valence-electron chi connectivity index (χ0n) is 18.3. The maximum Gasteiger partial charge on any atom is 0.269 e. The molecule has 0 bridgehead atoms. The van der Waals surface area contributed by atoms with Crippen LogP contribution in [0.15, 0.2) is 42.5 Å². The zero-order chi connectivity index (χ0) is 22.2. The molecule has 0 aromatic heterocycles. The molecule has 2 aliphatic rings. The highest BCUT2D eigenvalue weighted by molar-refractivity contribution is 6.00. The normalized spacial score (nSPS) is 19.3. The molecule has 2 aliphatic heterocycles. The lowest BCUT2D eigenvalue weighted by Crippen LogP contribution is -2.43. The summed E-state index contributed by atoms with van der Waals surface area (Å²) in [6, 6.07) is 12.6. The van der Waals surface area contributed by atoms with Crippen LogP contribution in [0.1, 0.15) is 27.7 Å². The molecule has 4 rings (SSSR count). The largest absolute Gasteiger partial charge is 0.490 e. The Hall–Kier alpha value is -3.22. The van der Waals surface area contributed by atoms with E-state index in [1.54, 1.807) is 29.2 Å². The molecule has 1 unspecified atom stereocenters. The van der Waals surface area contributed by atoms with Crippen molar-refractivity contribution in [3.8, 4) is 17.2 Å². The van der Waals surface area contributed by atoms with Gasteiger partial charge in [0.2, 0.25) is 12.0 Å². The summed E-state index contributed by atoms with van der Waals surface area (Å²) in [4.78, 5) is 27.6. The van der Waals surface area contributed by atoms with Crippen molar-refractivity contribution in [3.05, 3.63) is 42.5 Å². The summed E-state index contributed by atoms with van der Waals surface area (Å²) in [5.41, 5.74) is 0.647. The molecule has 2 amide bonds. The van der Waals surface area contributed by atoms with Gasteiger partial charge in [-0.3, -0.25) is 9.59 Å². The van der Waals surface area contributed by atoms with Crippen LogP contribution < -0.4 is 24.4 Å². The quantitative estimate of drug-likeness (QED) is 0.806. The van der Waals surface area contributed by atoms with Gasteiger partial charge in [-0.15, -0.1) is 0 Å². The maximum absolute atomic E-state index is 13.1. The van der Waals surface area contributed by atoms with E-state index in [4.69, 9.17) is 14.2 Å². The number of carbonyl (C=O) groups is 2. The van der Waals surface area contributed by atoms with E-state index in [0.717, 1.165) is 0 Å². The number of para-hydroxylation sites is 2. The first-order valence-corrected chi connectivity index (χ1v) is 10.5. The van der Waals surface area contributed by atoms with Crippen LogP contribution in [0.5, 0.6) is 17.2 Å². The van der Waals surface area contributed by atoms with E-state index in [1.165, 1.54) is 0 Å². The van der Waals surface area contributed by atoms with E-state index >= 15 is 0 Å². The Morgan fingerprint density at radius 2 is 1.87 bits per heavy atom. The number of fused-ring (bicyclic) bond motifs is 2. The molecule has 1 atom stereocenters. The Balaban J connectivity index is 1.54. The number of nitrogens with one attached hydrogen (secondary N) is 1. The van der Waals surface area contributed by atoms with Gasteiger partial charge in [-0.25, -0.2) is 0 Å². The Bertz CT molecular complexity index is 1000. The van der Waals surface area contributed by atoms with E-state index in [1.807, 2.05) is 32.0 Å². The highest BCUT2D eigenvalue weighted by Gasteiger charge is 2.38. The van der Waals surface area contributed by atoms with Crippen LogP contribution in [-0.2, 0) is 9.59 Å². The minimum atomic E-state index is -0.757. The Morgan fingerprint density at radius 1 is 1.13 bits per heavy atom. The van der Waals surface area contributed by atoms with E-state index in [0.29, 0.717) is 41.1 Å². The van der Waals surface area contributed by atoms with Gasteiger partial charge in [-0.2, -0.15) is 0 Å². The summed E-state index contributed by atoms with van der Waals surface area (Å²) in [5.74, 6) is 1.77. The zero-order valence-corrected chi connectivity index (χ0v) is 18.3. The smallest absolute Gasteiger partial charge is 0.269 e. The molecule has 7 heteroatoms. The second kappa shape index (κ2) is 8.13. The fourth-order valence-corrected chi connectivity index (χ4v) is 3.64. The minimum absolute atomic E-state index is 0.0307. The predicted octanol–water partition coefficient (Wildman–Crippen LogP) is 3.87. The number of nitrogens with zero attached hydrogens (tertiary/aromatic N) is 1. The monoisotopic (exact) mass is 424 g/mol. The second-order valence-corrected chi connectivity index (χ2v) is 9.02. The minimum Gasteiger partial charge on any atom is -0.490 e. The van der Waals surface area contributed by atoms with Gasteiger partial charge in [0, 0.05) is 18.3 Å². The molecule has 1 N–H and O–H groups in total. The second-order valence-electron chi connectivity index (χ2n) is 9.02. The van der Waals surface area contributed by atoms with Gasteiger partial charge < -0.3 is 24.4 Å². The van der Waals surface area contributed by atoms with Crippen LogP contribution in [0.25, 0.3) is 0 Å². The highest BCUT2D eigenvalue weighted by atomic mass is 16.6. The molecule has 0 saturated carbocycles. The molecule has 31 heavy (non-hydrogen) atoms. The van der Waals surface area contributed by atoms with Crippen LogP contribution in [-0.4, -0.2) is 37.7 Å². The van der Waals surface area contributed by atoms with Crippen molar-refractivity contribution >= 4 is 23.2 Å². The first-order valence-electron chi connectivity index (χ1n) is 10.5. The van der Waals surface area contributed by atoms with Gasteiger partial charge >= 0.3 is 0 Å². The number of hydrogen-bond donors (Lipinski definition) is 1. The lowest BCUT2D eigenvalue weighted by Gasteiger charge is -2.29. The summed E-state index contributed by atoms with van der Waals surface area (Å²) in [6.45, 7) is 8.91. The Labute approximate surface area is 182 Å². The van der Waals surface area contributed by atoms with Crippen molar-refractivity contribution in [2.24, 2.45) is 11.3 Å².